The molecule has 2 aliphatic carbocycles. The maximum absolute atomic E-state index is 13.3. The summed E-state index contributed by atoms with van der Waals surface area (Å²) in [6.45, 7) is 3.49. The van der Waals surface area contributed by atoms with Gasteiger partial charge in [-0.1, -0.05) is 24.6 Å². The van der Waals surface area contributed by atoms with Gasteiger partial charge in [-0.25, -0.2) is 4.98 Å². The summed E-state index contributed by atoms with van der Waals surface area (Å²) in [6, 6.07) is 0.438. The number of aromatic nitrogens is 2. The Hall–Kier alpha value is -1.34. The molecule has 2 aromatic heterocycles. The van der Waals surface area contributed by atoms with Crippen molar-refractivity contribution >= 4 is 39.2 Å². The highest BCUT2D eigenvalue weighted by atomic mass is 32.2. The number of piperidine rings is 1. The third kappa shape index (κ3) is 3.62. The Morgan fingerprint density at radius 1 is 1.13 bits per heavy atom. The smallest absolute Gasteiger partial charge is 0.263 e. The van der Waals surface area contributed by atoms with Gasteiger partial charge < -0.3 is 4.90 Å². The molecule has 30 heavy (non-hydrogen) atoms. The Kier molecular flexibility index (Phi) is 5.93. The zero-order valence-corrected chi connectivity index (χ0v) is 19.5. The van der Waals surface area contributed by atoms with E-state index >= 15 is 0 Å². The maximum Gasteiger partial charge on any atom is 0.263 e. The summed E-state index contributed by atoms with van der Waals surface area (Å²) >= 11 is 3.15. The van der Waals surface area contributed by atoms with Gasteiger partial charge in [-0.05, 0) is 69.8 Å². The molecule has 5 nitrogen and oxygen atoms in total. The molecule has 3 heterocycles. The summed E-state index contributed by atoms with van der Waals surface area (Å²) in [5, 5.41) is 1.55. The van der Waals surface area contributed by atoms with Crippen LogP contribution in [0, 0.1) is 5.92 Å². The van der Waals surface area contributed by atoms with E-state index in [1.54, 1.807) is 15.9 Å². The highest BCUT2D eigenvalue weighted by molar-refractivity contribution is 7.99. The van der Waals surface area contributed by atoms with E-state index < -0.39 is 0 Å². The average molecular weight is 446 g/mol. The van der Waals surface area contributed by atoms with Gasteiger partial charge in [0.2, 0.25) is 5.91 Å². The number of carbonyl (C=O) groups is 1. The molecule has 1 amide bonds. The van der Waals surface area contributed by atoms with Crippen LogP contribution in [0.2, 0.25) is 0 Å². The van der Waals surface area contributed by atoms with Crippen LogP contribution >= 0.6 is 23.1 Å². The van der Waals surface area contributed by atoms with Crippen molar-refractivity contribution in [2.75, 3.05) is 12.3 Å². The largest absolute Gasteiger partial charge is 0.339 e. The van der Waals surface area contributed by atoms with E-state index in [2.05, 4.69) is 4.90 Å². The SMILES string of the molecule is CCn1c(SCC(=O)N2CCCC3CCCCC32)nc2sc3c(c2c1=O)CCCC3. The minimum atomic E-state index is 0.0853. The number of fused-ring (bicyclic) bond motifs is 4. The van der Waals surface area contributed by atoms with Crippen LogP contribution in [0.25, 0.3) is 10.2 Å². The lowest BCUT2D eigenvalue weighted by molar-refractivity contribution is -0.134. The summed E-state index contributed by atoms with van der Waals surface area (Å²) in [4.78, 5) is 35.6. The second-order valence-corrected chi connectivity index (χ2v) is 11.0. The molecule has 2 fully saturated rings. The third-order valence-electron chi connectivity index (χ3n) is 7.24. The van der Waals surface area contributed by atoms with Crippen LogP contribution in [-0.2, 0) is 24.2 Å². The fourth-order valence-corrected chi connectivity index (χ4v) is 8.00. The van der Waals surface area contributed by atoms with Crippen LogP contribution in [0.5, 0.6) is 0 Å². The first-order valence-electron chi connectivity index (χ1n) is 11.6. The van der Waals surface area contributed by atoms with Crippen molar-refractivity contribution in [1.82, 2.24) is 14.5 Å². The number of rotatable bonds is 4. The van der Waals surface area contributed by atoms with Gasteiger partial charge in [-0.3, -0.25) is 14.2 Å². The van der Waals surface area contributed by atoms with E-state index in [9.17, 15) is 9.59 Å². The van der Waals surface area contributed by atoms with Crippen LogP contribution in [0.3, 0.4) is 0 Å². The molecular weight excluding hydrogens is 414 g/mol. The van der Waals surface area contributed by atoms with Gasteiger partial charge in [-0.15, -0.1) is 11.3 Å². The normalized spacial score (nSPS) is 24.0. The minimum Gasteiger partial charge on any atom is -0.339 e. The number of amides is 1. The molecular formula is C23H31N3O2S2. The number of carbonyl (C=O) groups excluding carboxylic acids is 1. The lowest BCUT2D eigenvalue weighted by Crippen LogP contribution is -2.50. The number of thiophene rings is 1. The van der Waals surface area contributed by atoms with Crippen molar-refractivity contribution in [2.24, 2.45) is 5.92 Å². The van der Waals surface area contributed by atoms with Crippen molar-refractivity contribution in [3.63, 3.8) is 0 Å². The molecule has 1 saturated carbocycles. The fourth-order valence-electron chi connectivity index (χ4n) is 5.75. The first kappa shape index (κ1) is 20.6. The van der Waals surface area contributed by atoms with Gasteiger partial charge in [-0.2, -0.15) is 0 Å². The molecule has 3 aliphatic rings. The van der Waals surface area contributed by atoms with Crippen molar-refractivity contribution in [1.29, 1.82) is 0 Å². The van der Waals surface area contributed by atoms with Crippen LogP contribution in [0.4, 0.5) is 0 Å². The predicted octanol–water partition coefficient (Wildman–Crippen LogP) is 4.63. The highest BCUT2D eigenvalue weighted by Gasteiger charge is 2.35. The predicted molar refractivity (Wildman–Crippen MR) is 124 cm³/mol. The molecule has 5 rings (SSSR count). The molecule has 2 atom stereocenters. The maximum atomic E-state index is 13.3. The van der Waals surface area contributed by atoms with E-state index in [0.29, 0.717) is 29.4 Å². The lowest BCUT2D eigenvalue weighted by Gasteiger charge is -2.44. The van der Waals surface area contributed by atoms with Gasteiger partial charge in [0, 0.05) is 24.0 Å². The fraction of sp³-hybridized carbons (Fsp3) is 0.696. The quantitative estimate of drug-likeness (QED) is 0.509. The van der Waals surface area contributed by atoms with Gasteiger partial charge in [0.15, 0.2) is 5.16 Å². The standard InChI is InChI=1S/C23H31N3O2S2/c1-2-25-22(28)20-16-10-4-6-12-18(16)30-21(20)24-23(25)29-14-19(27)26-13-7-9-15-8-3-5-11-17(15)26/h15,17H,2-14H2,1H3. The van der Waals surface area contributed by atoms with E-state index in [-0.39, 0.29) is 11.5 Å². The highest BCUT2D eigenvalue weighted by Crippen LogP contribution is 2.37. The molecule has 7 heteroatoms. The van der Waals surface area contributed by atoms with Crippen LogP contribution in [-0.4, -0.2) is 38.7 Å². The van der Waals surface area contributed by atoms with Crippen molar-refractivity contribution in [3.05, 3.63) is 20.8 Å². The molecule has 1 aliphatic heterocycles. The van der Waals surface area contributed by atoms with Crippen LogP contribution in [0.15, 0.2) is 9.95 Å². The summed E-state index contributed by atoms with van der Waals surface area (Å²) in [5.41, 5.74) is 1.33. The van der Waals surface area contributed by atoms with Crippen molar-refractivity contribution in [2.45, 2.75) is 88.9 Å². The van der Waals surface area contributed by atoms with Gasteiger partial charge in [0.1, 0.15) is 4.83 Å². The zero-order valence-electron chi connectivity index (χ0n) is 17.8. The summed E-state index contributed by atoms with van der Waals surface area (Å²) in [7, 11) is 0. The van der Waals surface area contributed by atoms with E-state index in [1.807, 2.05) is 6.92 Å². The monoisotopic (exact) mass is 445 g/mol. The number of hydrogen-bond donors (Lipinski definition) is 0. The molecule has 2 aromatic rings. The molecule has 0 bridgehead atoms. The molecule has 0 aromatic carbocycles. The molecule has 2 unspecified atom stereocenters. The molecule has 0 N–H and O–H groups in total. The summed E-state index contributed by atoms with van der Waals surface area (Å²) in [5.74, 6) is 1.30. The molecule has 162 valence electrons. The summed E-state index contributed by atoms with van der Waals surface area (Å²) in [6.07, 6.45) is 11.8. The number of likely N-dealkylation sites (tertiary alicyclic amines) is 1. The topological polar surface area (TPSA) is 55.2 Å². The Morgan fingerprint density at radius 3 is 2.80 bits per heavy atom. The van der Waals surface area contributed by atoms with Gasteiger partial charge in [0.05, 0.1) is 11.1 Å². The number of thioether (sulfide) groups is 1. The second-order valence-electron chi connectivity index (χ2n) is 8.96. The first-order chi connectivity index (χ1) is 14.7. The number of hydrogen-bond acceptors (Lipinski definition) is 5. The minimum absolute atomic E-state index is 0.0853. The average Bonchev–Trinajstić information content (AvgIpc) is 3.15. The Balaban J connectivity index is 1.38. The Bertz CT molecular complexity index is 1010. The Labute approximate surface area is 186 Å². The van der Waals surface area contributed by atoms with E-state index in [1.165, 1.54) is 54.3 Å². The molecule has 1 saturated heterocycles. The van der Waals surface area contributed by atoms with Crippen molar-refractivity contribution in [3.8, 4) is 0 Å². The van der Waals surface area contributed by atoms with E-state index in [0.717, 1.165) is 48.9 Å². The number of nitrogens with zero attached hydrogens (tertiary/aromatic N) is 3. The lowest BCUT2D eigenvalue weighted by atomic mass is 9.78. The molecule has 0 spiro atoms. The van der Waals surface area contributed by atoms with Crippen molar-refractivity contribution < 1.29 is 4.79 Å². The van der Waals surface area contributed by atoms with Crippen LogP contribution in [0.1, 0.15) is 68.7 Å². The summed E-state index contributed by atoms with van der Waals surface area (Å²) < 4.78 is 1.78. The first-order valence-corrected chi connectivity index (χ1v) is 13.4. The van der Waals surface area contributed by atoms with Crippen LogP contribution < -0.4 is 5.56 Å². The third-order valence-corrected chi connectivity index (χ3v) is 9.39. The molecule has 0 radical (unpaired) electrons. The Morgan fingerprint density at radius 2 is 1.93 bits per heavy atom. The zero-order chi connectivity index (χ0) is 20.7. The van der Waals surface area contributed by atoms with Gasteiger partial charge in [0.25, 0.3) is 5.56 Å². The van der Waals surface area contributed by atoms with E-state index in [4.69, 9.17) is 4.98 Å². The number of aryl methyl sites for hydroxylation is 2. The van der Waals surface area contributed by atoms with Gasteiger partial charge >= 0.3 is 0 Å². The second kappa shape index (κ2) is 8.65.